The minimum Gasteiger partial charge on any atom is -0.481 e. The summed E-state index contributed by atoms with van der Waals surface area (Å²) >= 11 is 0. The highest BCUT2D eigenvalue weighted by atomic mass is 16.5. The summed E-state index contributed by atoms with van der Waals surface area (Å²) in [5.41, 5.74) is 5.38. The maximum Gasteiger partial charge on any atom is 0.306 e. The molecule has 3 N–H and O–H groups in total. The quantitative estimate of drug-likeness (QED) is 0.790. The smallest absolute Gasteiger partial charge is 0.306 e. The van der Waals surface area contributed by atoms with E-state index in [0.717, 1.165) is 45.3 Å². The van der Waals surface area contributed by atoms with Crippen molar-refractivity contribution in [2.45, 2.75) is 44.1 Å². The van der Waals surface area contributed by atoms with Gasteiger partial charge in [0.1, 0.15) is 0 Å². The Morgan fingerprint density at radius 1 is 1.37 bits per heavy atom. The van der Waals surface area contributed by atoms with Gasteiger partial charge < -0.3 is 20.3 Å². The van der Waals surface area contributed by atoms with E-state index in [-0.39, 0.29) is 17.4 Å². The number of nitrogens with two attached hydrogens (primary N) is 1. The topological polar surface area (TPSA) is 81.8 Å². The molecule has 0 aromatic carbocycles. The van der Waals surface area contributed by atoms with Gasteiger partial charge in [-0.1, -0.05) is 0 Å². The normalized spacial score (nSPS) is 28.2. The first-order chi connectivity index (χ1) is 9.17. The SMILES string of the molecule is NCCCC(C(=O)O)C1CCOC2(CCOCC2)C1. The van der Waals surface area contributed by atoms with Crippen molar-refractivity contribution in [3.8, 4) is 0 Å². The molecule has 0 aromatic heterocycles. The van der Waals surface area contributed by atoms with Crippen LogP contribution in [0, 0.1) is 11.8 Å². The fourth-order valence-electron chi connectivity index (χ4n) is 3.40. The van der Waals surface area contributed by atoms with E-state index < -0.39 is 5.97 Å². The molecule has 2 atom stereocenters. The molecule has 0 aliphatic carbocycles. The molecule has 2 heterocycles. The Morgan fingerprint density at radius 3 is 2.74 bits per heavy atom. The molecular weight excluding hydrogens is 246 g/mol. The Balaban J connectivity index is 1.99. The highest BCUT2D eigenvalue weighted by molar-refractivity contribution is 5.70. The third-order valence-electron chi connectivity index (χ3n) is 4.54. The van der Waals surface area contributed by atoms with Gasteiger partial charge in [-0.05, 0) is 51.0 Å². The number of hydrogen-bond donors (Lipinski definition) is 2. The van der Waals surface area contributed by atoms with Crippen LogP contribution >= 0.6 is 0 Å². The molecule has 2 rings (SSSR count). The molecule has 0 bridgehead atoms. The summed E-state index contributed by atoms with van der Waals surface area (Å²) in [7, 11) is 0. The van der Waals surface area contributed by atoms with Gasteiger partial charge in [-0.25, -0.2) is 0 Å². The van der Waals surface area contributed by atoms with Crippen molar-refractivity contribution < 1.29 is 19.4 Å². The van der Waals surface area contributed by atoms with Gasteiger partial charge in [-0.15, -0.1) is 0 Å². The van der Waals surface area contributed by atoms with Crippen LogP contribution in [0.25, 0.3) is 0 Å². The molecule has 2 aliphatic heterocycles. The molecule has 2 fully saturated rings. The van der Waals surface area contributed by atoms with Gasteiger partial charge in [0.25, 0.3) is 0 Å². The van der Waals surface area contributed by atoms with E-state index in [4.69, 9.17) is 15.2 Å². The van der Waals surface area contributed by atoms with Crippen molar-refractivity contribution >= 4 is 5.97 Å². The van der Waals surface area contributed by atoms with E-state index >= 15 is 0 Å². The molecule has 1 spiro atoms. The highest BCUT2D eigenvalue weighted by Crippen LogP contribution is 2.40. The van der Waals surface area contributed by atoms with Gasteiger partial charge in [-0.3, -0.25) is 4.79 Å². The first-order valence-electron chi connectivity index (χ1n) is 7.31. The van der Waals surface area contributed by atoms with Crippen LogP contribution in [-0.4, -0.2) is 43.0 Å². The van der Waals surface area contributed by atoms with Gasteiger partial charge in [0.2, 0.25) is 0 Å². The van der Waals surface area contributed by atoms with Crippen LogP contribution in [0.5, 0.6) is 0 Å². The molecule has 0 amide bonds. The van der Waals surface area contributed by atoms with E-state index in [1.54, 1.807) is 0 Å². The number of rotatable bonds is 5. The zero-order chi connectivity index (χ0) is 13.7. The largest absolute Gasteiger partial charge is 0.481 e. The predicted molar refractivity (Wildman–Crippen MR) is 70.9 cm³/mol. The van der Waals surface area contributed by atoms with Crippen molar-refractivity contribution in [2.24, 2.45) is 17.6 Å². The average molecular weight is 271 g/mol. The zero-order valence-corrected chi connectivity index (χ0v) is 11.5. The number of carboxylic acids is 1. The van der Waals surface area contributed by atoms with E-state index in [9.17, 15) is 9.90 Å². The summed E-state index contributed by atoms with van der Waals surface area (Å²) in [6, 6.07) is 0. The monoisotopic (exact) mass is 271 g/mol. The zero-order valence-electron chi connectivity index (χ0n) is 11.5. The lowest BCUT2D eigenvalue weighted by atomic mass is 9.74. The number of ether oxygens (including phenoxy) is 2. The minimum atomic E-state index is -0.678. The average Bonchev–Trinajstić information content (AvgIpc) is 2.40. The van der Waals surface area contributed by atoms with Crippen molar-refractivity contribution in [3.63, 3.8) is 0 Å². The van der Waals surface area contributed by atoms with Crippen molar-refractivity contribution in [1.29, 1.82) is 0 Å². The predicted octanol–water partition coefficient (Wildman–Crippen LogP) is 1.40. The van der Waals surface area contributed by atoms with Crippen LogP contribution in [0.2, 0.25) is 0 Å². The van der Waals surface area contributed by atoms with Crippen molar-refractivity contribution in [1.82, 2.24) is 0 Å². The Morgan fingerprint density at radius 2 is 2.11 bits per heavy atom. The number of hydrogen-bond acceptors (Lipinski definition) is 4. The van der Waals surface area contributed by atoms with Gasteiger partial charge in [0.05, 0.1) is 11.5 Å². The van der Waals surface area contributed by atoms with E-state index in [2.05, 4.69) is 0 Å². The lowest BCUT2D eigenvalue weighted by Crippen LogP contribution is -2.46. The fraction of sp³-hybridized carbons (Fsp3) is 0.929. The van der Waals surface area contributed by atoms with Crippen LogP contribution in [-0.2, 0) is 14.3 Å². The summed E-state index contributed by atoms with van der Waals surface area (Å²) in [6.45, 7) is 2.70. The van der Waals surface area contributed by atoms with E-state index in [0.29, 0.717) is 19.6 Å². The van der Waals surface area contributed by atoms with Crippen LogP contribution in [0.3, 0.4) is 0 Å². The maximum atomic E-state index is 11.5. The summed E-state index contributed by atoms with van der Waals surface area (Å²) in [5, 5.41) is 9.43. The molecule has 5 heteroatoms. The molecule has 0 aromatic rings. The Bertz CT molecular complexity index is 296. The van der Waals surface area contributed by atoms with Crippen molar-refractivity contribution in [2.75, 3.05) is 26.4 Å². The highest BCUT2D eigenvalue weighted by Gasteiger charge is 2.42. The van der Waals surface area contributed by atoms with Crippen LogP contribution in [0.1, 0.15) is 38.5 Å². The third-order valence-corrected chi connectivity index (χ3v) is 4.54. The Hall–Kier alpha value is -0.650. The van der Waals surface area contributed by atoms with E-state index in [1.165, 1.54) is 0 Å². The Labute approximate surface area is 114 Å². The maximum absolute atomic E-state index is 11.5. The molecule has 2 saturated heterocycles. The molecule has 0 radical (unpaired) electrons. The molecule has 2 unspecified atom stereocenters. The van der Waals surface area contributed by atoms with Gasteiger partial charge in [-0.2, -0.15) is 0 Å². The first-order valence-corrected chi connectivity index (χ1v) is 7.31. The summed E-state index contributed by atoms with van der Waals surface area (Å²) in [5.74, 6) is -0.731. The number of carbonyl (C=O) groups is 1. The first kappa shape index (κ1) is 14.8. The summed E-state index contributed by atoms with van der Waals surface area (Å²) in [6.07, 6.45) is 4.97. The van der Waals surface area contributed by atoms with Gasteiger partial charge in [0.15, 0.2) is 0 Å². The fourth-order valence-corrected chi connectivity index (χ4v) is 3.40. The lowest BCUT2D eigenvalue weighted by Gasteiger charge is -2.44. The van der Waals surface area contributed by atoms with Gasteiger partial charge in [0, 0.05) is 19.8 Å². The second-order valence-corrected chi connectivity index (χ2v) is 5.77. The van der Waals surface area contributed by atoms with Crippen LogP contribution in [0.15, 0.2) is 0 Å². The molecular formula is C14H25NO4. The number of carboxylic acid groups (broad SMARTS) is 1. The van der Waals surface area contributed by atoms with E-state index in [1.807, 2.05) is 0 Å². The summed E-state index contributed by atoms with van der Waals surface area (Å²) in [4.78, 5) is 11.5. The van der Waals surface area contributed by atoms with Crippen LogP contribution in [0.4, 0.5) is 0 Å². The molecule has 19 heavy (non-hydrogen) atoms. The molecule has 0 saturated carbocycles. The molecule has 110 valence electrons. The third kappa shape index (κ3) is 3.68. The second-order valence-electron chi connectivity index (χ2n) is 5.77. The van der Waals surface area contributed by atoms with Crippen molar-refractivity contribution in [3.05, 3.63) is 0 Å². The van der Waals surface area contributed by atoms with Crippen LogP contribution < -0.4 is 5.73 Å². The van der Waals surface area contributed by atoms with Gasteiger partial charge >= 0.3 is 5.97 Å². The second kappa shape index (κ2) is 6.68. The Kier molecular flexibility index (Phi) is 5.19. The standard InChI is InChI=1S/C14H25NO4/c15-6-1-2-12(13(16)17)11-3-7-19-14(10-11)4-8-18-9-5-14/h11-12H,1-10,15H2,(H,16,17). The minimum absolute atomic E-state index is 0.127. The lowest BCUT2D eigenvalue weighted by molar-refractivity contribution is -0.163. The number of aliphatic carboxylic acids is 1. The summed E-state index contributed by atoms with van der Waals surface area (Å²) < 4.78 is 11.4. The molecule has 5 nitrogen and oxygen atoms in total. The molecule has 2 aliphatic rings.